The van der Waals surface area contributed by atoms with Crippen LogP contribution in [0.2, 0.25) is 0 Å². The zero-order valence-corrected chi connectivity index (χ0v) is 17.3. The minimum atomic E-state index is -0.524. The summed E-state index contributed by atoms with van der Waals surface area (Å²) in [5, 5.41) is 2.76. The molecule has 7 heteroatoms. The molecular weight excluding hydrogens is 382 g/mol. The van der Waals surface area contributed by atoms with Gasteiger partial charge >= 0.3 is 0 Å². The number of ether oxygens (including phenoxy) is 1. The van der Waals surface area contributed by atoms with Gasteiger partial charge in [0.25, 0.3) is 11.5 Å². The molecule has 30 heavy (non-hydrogen) atoms. The molecule has 0 aliphatic rings. The number of rotatable bonds is 5. The predicted octanol–water partition coefficient (Wildman–Crippen LogP) is 3.39. The number of hydrogen-bond acceptors (Lipinski definition) is 4. The van der Waals surface area contributed by atoms with Gasteiger partial charge in [-0.05, 0) is 48.9 Å². The maximum Gasteiger partial charge on any atom is 0.268 e. The first kappa shape index (κ1) is 20.9. The second kappa shape index (κ2) is 8.65. The SMILES string of the molecule is COc1ccccc1-n1ccc(C)c(C(=O)Nc2cccc(N(C)C(C)=O)c2)c1=O. The fraction of sp³-hybridized carbons (Fsp3) is 0.174. The van der Waals surface area contributed by atoms with Crippen LogP contribution in [0.3, 0.4) is 0 Å². The first-order valence-electron chi connectivity index (χ1n) is 9.35. The number of hydrogen-bond donors (Lipinski definition) is 1. The molecular formula is C23H23N3O4. The minimum absolute atomic E-state index is 0.0359. The van der Waals surface area contributed by atoms with Crippen LogP contribution >= 0.6 is 0 Å². The van der Waals surface area contributed by atoms with Crippen LogP contribution in [-0.2, 0) is 4.79 Å². The lowest BCUT2D eigenvalue weighted by Crippen LogP contribution is -2.29. The minimum Gasteiger partial charge on any atom is -0.495 e. The Balaban J connectivity index is 1.99. The van der Waals surface area contributed by atoms with E-state index in [1.54, 1.807) is 74.8 Å². The van der Waals surface area contributed by atoms with Gasteiger partial charge in [0.05, 0.1) is 12.8 Å². The van der Waals surface area contributed by atoms with Crippen LogP contribution in [0.1, 0.15) is 22.8 Å². The molecule has 0 aliphatic carbocycles. The van der Waals surface area contributed by atoms with Gasteiger partial charge in [-0.25, -0.2) is 0 Å². The standard InChI is InChI=1S/C23H23N3O4/c1-15-12-13-26(19-10-5-6-11-20(19)30-4)23(29)21(15)22(28)24-17-8-7-9-18(14-17)25(3)16(2)27/h5-14H,1-4H3,(H,24,28). The Kier molecular flexibility index (Phi) is 6.01. The molecule has 0 atom stereocenters. The molecule has 0 unspecified atom stereocenters. The maximum absolute atomic E-state index is 13.1. The van der Waals surface area contributed by atoms with Gasteiger partial charge in [0.2, 0.25) is 5.91 Å². The lowest BCUT2D eigenvalue weighted by Gasteiger charge is -2.16. The molecule has 154 valence electrons. The second-order valence-electron chi connectivity index (χ2n) is 6.80. The summed E-state index contributed by atoms with van der Waals surface area (Å²) in [4.78, 5) is 39.2. The van der Waals surface area contributed by atoms with Crippen molar-refractivity contribution in [2.75, 3.05) is 24.4 Å². The van der Waals surface area contributed by atoms with Crippen molar-refractivity contribution in [1.82, 2.24) is 4.57 Å². The van der Waals surface area contributed by atoms with Gasteiger partial charge in [-0.2, -0.15) is 0 Å². The van der Waals surface area contributed by atoms with Crippen molar-refractivity contribution in [2.24, 2.45) is 0 Å². The Morgan fingerprint density at radius 1 is 1.07 bits per heavy atom. The van der Waals surface area contributed by atoms with E-state index in [1.165, 1.54) is 23.5 Å². The Labute approximate surface area is 174 Å². The van der Waals surface area contributed by atoms with Crippen LogP contribution in [-0.4, -0.2) is 30.5 Å². The van der Waals surface area contributed by atoms with E-state index in [9.17, 15) is 14.4 Å². The normalized spacial score (nSPS) is 10.4. The number of aryl methyl sites for hydroxylation is 1. The fourth-order valence-electron chi connectivity index (χ4n) is 3.09. The molecule has 0 spiro atoms. The average Bonchev–Trinajstić information content (AvgIpc) is 2.73. The van der Waals surface area contributed by atoms with Gasteiger partial charge in [0.15, 0.2) is 0 Å². The van der Waals surface area contributed by atoms with Crippen LogP contribution in [0.5, 0.6) is 5.75 Å². The summed E-state index contributed by atoms with van der Waals surface area (Å²) in [6.45, 7) is 3.17. The lowest BCUT2D eigenvalue weighted by atomic mass is 10.1. The molecule has 0 fully saturated rings. The number of methoxy groups -OCH3 is 1. The fourth-order valence-corrected chi connectivity index (χ4v) is 3.09. The second-order valence-corrected chi connectivity index (χ2v) is 6.80. The van der Waals surface area contributed by atoms with Crippen molar-refractivity contribution in [3.05, 3.63) is 82.3 Å². The Morgan fingerprint density at radius 2 is 1.80 bits per heavy atom. The summed E-state index contributed by atoms with van der Waals surface area (Å²) in [6.07, 6.45) is 1.62. The van der Waals surface area contributed by atoms with Crippen molar-refractivity contribution in [3.8, 4) is 11.4 Å². The van der Waals surface area contributed by atoms with E-state index in [0.29, 0.717) is 28.4 Å². The third kappa shape index (κ3) is 4.10. The van der Waals surface area contributed by atoms with E-state index in [1.807, 2.05) is 0 Å². The smallest absolute Gasteiger partial charge is 0.268 e. The summed E-state index contributed by atoms with van der Waals surface area (Å²) in [5.41, 5.74) is 1.81. The number of nitrogens with one attached hydrogen (secondary N) is 1. The molecule has 1 heterocycles. The van der Waals surface area contributed by atoms with E-state index in [-0.39, 0.29) is 11.5 Å². The number of carbonyl (C=O) groups excluding carboxylic acids is 2. The maximum atomic E-state index is 13.1. The zero-order valence-electron chi connectivity index (χ0n) is 17.3. The van der Waals surface area contributed by atoms with Gasteiger partial charge in [-0.1, -0.05) is 18.2 Å². The molecule has 7 nitrogen and oxygen atoms in total. The highest BCUT2D eigenvalue weighted by Crippen LogP contribution is 2.22. The Bertz CT molecular complexity index is 1170. The van der Waals surface area contributed by atoms with Crippen LogP contribution in [0.15, 0.2) is 65.6 Å². The number of pyridine rings is 1. The molecule has 0 radical (unpaired) electrons. The number of aromatic nitrogens is 1. The lowest BCUT2D eigenvalue weighted by molar-refractivity contribution is -0.116. The van der Waals surface area contributed by atoms with E-state index < -0.39 is 11.5 Å². The van der Waals surface area contributed by atoms with Crippen molar-refractivity contribution < 1.29 is 14.3 Å². The quantitative estimate of drug-likeness (QED) is 0.706. The third-order valence-electron chi connectivity index (χ3n) is 4.84. The summed E-state index contributed by atoms with van der Waals surface area (Å²) >= 11 is 0. The third-order valence-corrected chi connectivity index (χ3v) is 4.84. The molecule has 2 aromatic carbocycles. The summed E-state index contributed by atoms with van der Waals surface area (Å²) in [5.74, 6) is -0.128. The van der Waals surface area contributed by atoms with Crippen molar-refractivity contribution in [3.63, 3.8) is 0 Å². The molecule has 0 saturated heterocycles. The largest absolute Gasteiger partial charge is 0.495 e. The highest BCUT2D eigenvalue weighted by molar-refractivity contribution is 6.05. The molecule has 2 amide bonds. The number of amides is 2. The zero-order chi connectivity index (χ0) is 21.8. The van der Waals surface area contributed by atoms with E-state index in [0.717, 1.165) is 0 Å². The molecule has 3 rings (SSSR count). The number of anilines is 2. The summed E-state index contributed by atoms with van der Waals surface area (Å²) in [7, 11) is 3.17. The van der Waals surface area contributed by atoms with Crippen molar-refractivity contribution in [2.45, 2.75) is 13.8 Å². The van der Waals surface area contributed by atoms with Gasteiger partial charge in [-0.15, -0.1) is 0 Å². The number of benzene rings is 2. The van der Waals surface area contributed by atoms with E-state index >= 15 is 0 Å². The molecule has 1 N–H and O–H groups in total. The Hall–Kier alpha value is -3.87. The number of carbonyl (C=O) groups is 2. The molecule has 0 bridgehead atoms. The summed E-state index contributed by atoms with van der Waals surface area (Å²) in [6, 6.07) is 15.7. The number of para-hydroxylation sites is 2. The molecule has 0 saturated carbocycles. The van der Waals surface area contributed by atoms with Gasteiger partial charge in [0, 0.05) is 31.5 Å². The number of nitrogens with zero attached hydrogens (tertiary/aromatic N) is 2. The van der Waals surface area contributed by atoms with Gasteiger partial charge < -0.3 is 15.0 Å². The van der Waals surface area contributed by atoms with E-state index in [4.69, 9.17) is 4.74 Å². The predicted molar refractivity (Wildman–Crippen MR) is 117 cm³/mol. The van der Waals surface area contributed by atoms with Crippen LogP contribution in [0.4, 0.5) is 11.4 Å². The summed E-state index contributed by atoms with van der Waals surface area (Å²) < 4.78 is 6.73. The van der Waals surface area contributed by atoms with Crippen LogP contribution < -0.4 is 20.5 Å². The topological polar surface area (TPSA) is 80.6 Å². The van der Waals surface area contributed by atoms with Crippen LogP contribution in [0.25, 0.3) is 5.69 Å². The first-order valence-corrected chi connectivity index (χ1v) is 9.35. The van der Waals surface area contributed by atoms with Gasteiger partial charge in [-0.3, -0.25) is 19.0 Å². The monoisotopic (exact) mass is 405 g/mol. The molecule has 3 aromatic rings. The van der Waals surface area contributed by atoms with Crippen molar-refractivity contribution in [1.29, 1.82) is 0 Å². The van der Waals surface area contributed by atoms with Crippen LogP contribution in [0, 0.1) is 6.92 Å². The highest BCUT2D eigenvalue weighted by atomic mass is 16.5. The molecule has 1 aromatic heterocycles. The van der Waals surface area contributed by atoms with Gasteiger partial charge in [0.1, 0.15) is 11.3 Å². The van der Waals surface area contributed by atoms with E-state index in [2.05, 4.69) is 5.32 Å². The Morgan fingerprint density at radius 3 is 2.50 bits per heavy atom. The van der Waals surface area contributed by atoms with Crippen molar-refractivity contribution >= 4 is 23.2 Å². The highest BCUT2D eigenvalue weighted by Gasteiger charge is 2.18. The molecule has 0 aliphatic heterocycles. The average molecular weight is 405 g/mol. The first-order chi connectivity index (χ1) is 14.3.